The van der Waals surface area contributed by atoms with Crippen LogP contribution in [0.2, 0.25) is 0 Å². The fraction of sp³-hybridized carbons (Fsp3) is 0. The van der Waals surface area contributed by atoms with Gasteiger partial charge in [-0.25, -0.2) is 9.97 Å². The van der Waals surface area contributed by atoms with Crippen molar-refractivity contribution in [3.63, 3.8) is 0 Å². The number of nitrogens with zero attached hydrogens (tertiary/aromatic N) is 4. The van der Waals surface area contributed by atoms with Gasteiger partial charge in [-0.2, -0.15) is 5.26 Å². The van der Waals surface area contributed by atoms with Gasteiger partial charge in [0, 0.05) is 37.4 Å². The van der Waals surface area contributed by atoms with E-state index in [4.69, 9.17) is 9.97 Å². The lowest BCUT2D eigenvalue weighted by Crippen LogP contribution is -2.04. The Kier molecular flexibility index (Phi) is 5.03. The Morgan fingerprint density at radius 3 is 2.15 bits per heavy atom. The second kappa shape index (κ2) is 8.88. The number of aromatic nitrogens is 3. The van der Waals surface area contributed by atoms with Crippen molar-refractivity contribution in [1.82, 2.24) is 14.5 Å². The van der Waals surface area contributed by atoms with Gasteiger partial charge in [-0.15, -0.1) is 11.3 Å². The van der Waals surface area contributed by atoms with Gasteiger partial charge in [0.2, 0.25) is 5.95 Å². The van der Waals surface area contributed by atoms with E-state index in [1.807, 2.05) is 59.9 Å². The third kappa shape index (κ3) is 3.44. The summed E-state index contributed by atoms with van der Waals surface area (Å²) < 4.78 is 4.69. The average Bonchev–Trinajstić information content (AvgIpc) is 3.57. The minimum atomic E-state index is 0.600. The largest absolute Gasteiger partial charge is 0.276 e. The van der Waals surface area contributed by atoms with Crippen LogP contribution in [0, 0.1) is 11.3 Å². The molecule has 5 aromatic carbocycles. The molecular formula is C35H20N4S. The van der Waals surface area contributed by atoms with Gasteiger partial charge >= 0.3 is 0 Å². The van der Waals surface area contributed by atoms with Crippen LogP contribution in [0.3, 0.4) is 0 Å². The molecule has 0 aliphatic heterocycles. The van der Waals surface area contributed by atoms with Crippen LogP contribution in [0.25, 0.3) is 70.4 Å². The topological polar surface area (TPSA) is 54.5 Å². The zero-order valence-electron chi connectivity index (χ0n) is 21.2. The summed E-state index contributed by atoms with van der Waals surface area (Å²) in [6, 6.07) is 43.6. The van der Waals surface area contributed by atoms with E-state index < -0.39 is 0 Å². The van der Waals surface area contributed by atoms with Crippen LogP contribution in [0.15, 0.2) is 121 Å². The SMILES string of the molecule is N#Cc1cccc(-c2cc(-c3ccccc3)nc(-n3c4ccccc4c4ccc5c6ccccc6sc5c43)n2)c1. The van der Waals surface area contributed by atoms with E-state index in [2.05, 4.69) is 83.4 Å². The Balaban J connectivity index is 1.51. The van der Waals surface area contributed by atoms with Crippen LogP contribution in [0.4, 0.5) is 0 Å². The Hall–Kier alpha value is -5.31. The molecule has 0 saturated heterocycles. The average molecular weight is 529 g/mol. The number of fused-ring (bicyclic) bond motifs is 7. The van der Waals surface area contributed by atoms with E-state index in [-0.39, 0.29) is 0 Å². The summed E-state index contributed by atoms with van der Waals surface area (Å²) in [6.45, 7) is 0. The predicted octanol–water partition coefficient (Wildman–Crippen LogP) is 9.15. The first-order chi connectivity index (χ1) is 19.8. The van der Waals surface area contributed by atoms with Crippen LogP contribution in [0.1, 0.15) is 5.56 Å². The number of hydrogen-bond acceptors (Lipinski definition) is 4. The molecule has 0 radical (unpaired) electrons. The molecule has 3 heterocycles. The molecule has 8 aromatic rings. The van der Waals surface area contributed by atoms with Gasteiger partial charge in [0.15, 0.2) is 0 Å². The van der Waals surface area contributed by atoms with Crippen LogP contribution >= 0.6 is 11.3 Å². The van der Waals surface area contributed by atoms with E-state index in [1.165, 1.54) is 30.9 Å². The predicted molar refractivity (Wildman–Crippen MR) is 165 cm³/mol. The van der Waals surface area contributed by atoms with Gasteiger partial charge in [-0.3, -0.25) is 4.57 Å². The lowest BCUT2D eigenvalue weighted by Gasteiger charge is -2.12. The fourth-order valence-corrected chi connectivity index (χ4v) is 6.87. The second-order valence-electron chi connectivity index (χ2n) is 9.79. The normalized spacial score (nSPS) is 11.5. The van der Waals surface area contributed by atoms with E-state index in [0.717, 1.165) is 33.5 Å². The van der Waals surface area contributed by atoms with Gasteiger partial charge in [0.1, 0.15) is 0 Å². The molecule has 0 spiro atoms. The Morgan fingerprint density at radius 2 is 1.30 bits per heavy atom. The number of rotatable bonds is 3. The zero-order chi connectivity index (χ0) is 26.6. The van der Waals surface area contributed by atoms with Crippen molar-refractivity contribution < 1.29 is 0 Å². The molecule has 0 fully saturated rings. The molecule has 0 bridgehead atoms. The number of benzene rings is 5. The molecule has 4 nitrogen and oxygen atoms in total. The number of thiophene rings is 1. The lowest BCUT2D eigenvalue weighted by atomic mass is 10.1. The van der Waals surface area contributed by atoms with Crippen molar-refractivity contribution in [2.24, 2.45) is 0 Å². The quantitative estimate of drug-likeness (QED) is 0.230. The highest BCUT2D eigenvalue weighted by Crippen LogP contribution is 2.42. The monoisotopic (exact) mass is 528 g/mol. The Bertz CT molecular complexity index is 2290. The minimum Gasteiger partial charge on any atom is -0.276 e. The number of hydrogen-bond donors (Lipinski definition) is 0. The molecule has 5 heteroatoms. The maximum Gasteiger partial charge on any atom is 0.235 e. The van der Waals surface area contributed by atoms with Crippen LogP contribution < -0.4 is 0 Å². The Labute approximate surface area is 234 Å². The first-order valence-electron chi connectivity index (χ1n) is 13.1. The summed E-state index contributed by atoms with van der Waals surface area (Å²) in [6.07, 6.45) is 0. The maximum atomic E-state index is 9.56. The zero-order valence-corrected chi connectivity index (χ0v) is 22.1. The number of nitriles is 1. The molecule has 8 rings (SSSR count). The molecular weight excluding hydrogens is 508 g/mol. The van der Waals surface area contributed by atoms with E-state index >= 15 is 0 Å². The molecule has 3 aromatic heterocycles. The van der Waals surface area contributed by atoms with Gasteiger partial charge in [-0.1, -0.05) is 91.0 Å². The molecule has 40 heavy (non-hydrogen) atoms. The lowest BCUT2D eigenvalue weighted by molar-refractivity contribution is 0.998. The summed E-state index contributed by atoms with van der Waals surface area (Å²) >= 11 is 1.81. The van der Waals surface area contributed by atoms with Gasteiger partial charge in [0.05, 0.1) is 38.8 Å². The van der Waals surface area contributed by atoms with Crippen molar-refractivity contribution in [2.45, 2.75) is 0 Å². The van der Waals surface area contributed by atoms with Gasteiger partial charge in [-0.05, 0) is 30.3 Å². The highest BCUT2D eigenvalue weighted by Gasteiger charge is 2.20. The molecule has 0 saturated carbocycles. The van der Waals surface area contributed by atoms with Crippen LogP contribution in [-0.2, 0) is 0 Å². The third-order valence-electron chi connectivity index (χ3n) is 7.45. The first-order valence-corrected chi connectivity index (χ1v) is 13.9. The summed E-state index contributed by atoms with van der Waals surface area (Å²) in [5.41, 5.74) is 6.27. The second-order valence-corrected chi connectivity index (χ2v) is 10.8. The van der Waals surface area contributed by atoms with Crippen LogP contribution in [0.5, 0.6) is 0 Å². The van der Waals surface area contributed by atoms with Crippen molar-refractivity contribution in [1.29, 1.82) is 5.26 Å². The van der Waals surface area contributed by atoms with Crippen molar-refractivity contribution in [2.75, 3.05) is 0 Å². The summed E-state index contributed by atoms with van der Waals surface area (Å²) in [7, 11) is 0. The summed E-state index contributed by atoms with van der Waals surface area (Å²) in [5, 5.41) is 14.4. The fourth-order valence-electron chi connectivity index (χ4n) is 5.63. The molecule has 0 N–H and O–H groups in total. The third-order valence-corrected chi connectivity index (χ3v) is 8.64. The minimum absolute atomic E-state index is 0.600. The van der Waals surface area contributed by atoms with E-state index in [0.29, 0.717) is 11.5 Å². The molecule has 0 aliphatic rings. The summed E-state index contributed by atoms with van der Waals surface area (Å²) in [5.74, 6) is 0.606. The molecule has 0 unspecified atom stereocenters. The van der Waals surface area contributed by atoms with Crippen molar-refractivity contribution in [3.05, 3.63) is 127 Å². The highest BCUT2D eigenvalue weighted by atomic mass is 32.1. The van der Waals surface area contributed by atoms with Crippen LogP contribution in [-0.4, -0.2) is 14.5 Å². The standard InChI is InChI=1S/C35H20N4S/c36-21-22-9-8-12-24(19-22)30-20-29(23-10-2-1-3-11-23)37-35(38-30)39-31-15-6-4-13-25(31)27-17-18-28-26-14-5-7-16-32(26)40-34(28)33(27)39/h1-20H. The van der Waals surface area contributed by atoms with Gasteiger partial charge < -0.3 is 0 Å². The number of para-hydroxylation sites is 1. The molecule has 0 atom stereocenters. The summed E-state index contributed by atoms with van der Waals surface area (Å²) in [4.78, 5) is 10.3. The Morgan fingerprint density at radius 1 is 0.600 bits per heavy atom. The van der Waals surface area contributed by atoms with Crippen molar-refractivity contribution >= 4 is 53.3 Å². The van der Waals surface area contributed by atoms with Gasteiger partial charge in [0.25, 0.3) is 0 Å². The molecule has 0 amide bonds. The maximum absolute atomic E-state index is 9.56. The van der Waals surface area contributed by atoms with E-state index in [1.54, 1.807) is 0 Å². The van der Waals surface area contributed by atoms with E-state index in [9.17, 15) is 5.26 Å². The van der Waals surface area contributed by atoms with Crippen molar-refractivity contribution in [3.8, 4) is 34.5 Å². The highest BCUT2D eigenvalue weighted by molar-refractivity contribution is 7.26. The molecule has 186 valence electrons. The first kappa shape index (κ1) is 22.7. The smallest absolute Gasteiger partial charge is 0.235 e. The molecule has 0 aliphatic carbocycles.